The van der Waals surface area contributed by atoms with E-state index < -0.39 is 0 Å². The Labute approximate surface area is 122 Å². The molecule has 0 bridgehead atoms. The lowest BCUT2D eigenvalue weighted by molar-refractivity contribution is 0.264. The fraction of sp³-hybridized carbons (Fsp3) is 0.688. The number of likely N-dealkylation sites (tertiary alicyclic amines) is 1. The highest BCUT2D eigenvalue weighted by molar-refractivity contribution is 5.34. The Balaban J connectivity index is 1.81. The van der Waals surface area contributed by atoms with E-state index in [-0.39, 0.29) is 0 Å². The third kappa shape index (κ3) is 3.23. The zero-order valence-corrected chi connectivity index (χ0v) is 13.1. The molecule has 1 aliphatic heterocycles. The van der Waals surface area contributed by atoms with Crippen molar-refractivity contribution >= 4 is 0 Å². The first-order valence-corrected chi connectivity index (χ1v) is 7.53. The van der Waals surface area contributed by atoms with Gasteiger partial charge in [0, 0.05) is 31.9 Å². The summed E-state index contributed by atoms with van der Waals surface area (Å²) in [5, 5.41) is 12.6. The molecule has 0 aliphatic carbocycles. The average molecular weight is 274 g/mol. The number of hydrogen-bond donors (Lipinski definition) is 1. The lowest BCUT2D eigenvalue weighted by atomic mass is 10.1. The predicted molar refractivity (Wildman–Crippen MR) is 81.4 cm³/mol. The first-order chi connectivity index (χ1) is 9.52. The first kappa shape index (κ1) is 15.1. The molecular formula is C16H26N4. The number of nitrogens with one attached hydrogen (secondary N) is 1. The van der Waals surface area contributed by atoms with Crippen LogP contribution in [0.25, 0.3) is 0 Å². The summed E-state index contributed by atoms with van der Waals surface area (Å²) < 4.78 is 1.97. The summed E-state index contributed by atoms with van der Waals surface area (Å²) in [5.74, 6) is 0.761. The van der Waals surface area contributed by atoms with Gasteiger partial charge in [0.2, 0.25) is 0 Å². The van der Waals surface area contributed by atoms with Crippen LogP contribution in [0.5, 0.6) is 0 Å². The third-order valence-corrected chi connectivity index (χ3v) is 4.55. The van der Waals surface area contributed by atoms with Crippen LogP contribution in [0.4, 0.5) is 0 Å². The first-order valence-electron chi connectivity index (χ1n) is 7.53. The molecule has 0 amide bonds. The maximum absolute atomic E-state index is 9.04. The van der Waals surface area contributed by atoms with Crippen molar-refractivity contribution in [3.05, 3.63) is 23.0 Å². The Morgan fingerprint density at radius 1 is 1.50 bits per heavy atom. The number of hydrogen-bond acceptors (Lipinski definition) is 3. The minimum atomic E-state index is 0.662. The van der Waals surface area contributed by atoms with Gasteiger partial charge in [0.05, 0.1) is 0 Å². The van der Waals surface area contributed by atoms with Crippen LogP contribution >= 0.6 is 0 Å². The molecule has 1 fully saturated rings. The number of rotatable bonds is 5. The Hall–Kier alpha value is -1.31. The highest BCUT2D eigenvalue weighted by Gasteiger charge is 2.23. The van der Waals surface area contributed by atoms with Crippen LogP contribution in [0.15, 0.2) is 6.07 Å². The second kappa shape index (κ2) is 6.43. The van der Waals surface area contributed by atoms with Crippen molar-refractivity contribution in [2.75, 3.05) is 19.6 Å². The smallest absolute Gasteiger partial charge is 0.120 e. The summed E-state index contributed by atoms with van der Waals surface area (Å²) in [5.41, 5.74) is 3.16. The van der Waals surface area contributed by atoms with E-state index in [9.17, 15) is 0 Å². The van der Waals surface area contributed by atoms with E-state index in [1.54, 1.807) is 0 Å². The molecule has 1 aromatic heterocycles. The van der Waals surface area contributed by atoms with Gasteiger partial charge in [-0.05, 0) is 57.8 Å². The molecule has 1 unspecified atom stereocenters. The highest BCUT2D eigenvalue weighted by Crippen LogP contribution is 2.18. The van der Waals surface area contributed by atoms with Crippen LogP contribution in [-0.2, 0) is 13.6 Å². The van der Waals surface area contributed by atoms with Crippen LogP contribution in [0.1, 0.15) is 37.2 Å². The SMILES string of the molecule is Cc1c(CNCC2CCN(C(C)C)C2)cc(C#N)n1C. The molecule has 20 heavy (non-hydrogen) atoms. The largest absolute Gasteiger partial charge is 0.340 e. The minimum absolute atomic E-state index is 0.662. The summed E-state index contributed by atoms with van der Waals surface area (Å²) in [7, 11) is 1.95. The normalized spacial score (nSPS) is 19.7. The average Bonchev–Trinajstić information content (AvgIpc) is 2.99. The Kier molecular flexibility index (Phi) is 4.85. The predicted octanol–water partition coefficient (Wildman–Crippen LogP) is 2.03. The van der Waals surface area contributed by atoms with Crippen LogP contribution in [0.2, 0.25) is 0 Å². The van der Waals surface area contributed by atoms with Crippen LogP contribution in [-0.4, -0.2) is 35.1 Å². The van der Waals surface area contributed by atoms with Gasteiger partial charge in [-0.15, -0.1) is 0 Å². The van der Waals surface area contributed by atoms with Gasteiger partial charge in [0.1, 0.15) is 11.8 Å². The van der Waals surface area contributed by atoms with Gasteiger partial charge in [-0.3, -0.25) is 0 Å². The molecule has 1 atom stereocenters. The zero-order chi connectivity index (χ0) is 14.7. The molecule has 0 saturated carbocycles. The maximum Gasteiger partial charge on any atom is 0.120 e. The number of nitriles is 1. The van der Waals surface area contributed by atoms with Gasteiger partial charge in [0.15, 0.2) is 0 Å². The van der Waals surface area contributed by atoms with Gasteiger partial charge < -0.3 is 14.8 Å². The minimum Gasteiger partial charge on any atom is -0.340 e. The Morgan fingerprint density at radius 3 is 2.80 bits per heavy atom. The molecule has 4 heteroatoms. The molecule has 0 spiro atoms. The fourth-order valence-electron chi connectivity index (χ4n) is 2.96. The summed E-state index contributed by atoms with van der Waals surface area (Å²) in [6.45, 7) is 11.0. The molecule has 2 heterocycles. The molecule has 1 aromatic rings. The van der Waals surface area contributed by atoms with Crippen molar-refractivity contribution in [2.24, 2.45) is 13.0 Å². The molecular weight excluding hydrogens is 248 g/mol. The molecule has 1 aliphatic rings. The Bertz CT molecular complexity index is 495. The van der Waals surface area contributed by atoms with Gasteiger partial charge in [-0.2, -0.15) is 5.26 Å². The molecule has 110 valence electrons. The Morgan fingerprint density at radius 2 is 2.25 bits per heavy atom. The van der Waals surface area contributed by atoms with E-state index in [0.29, 0.717) is 6.04 Å². The number of aromatic nitrogens is 1. The molecule has 4 nitrogen and oxygen atoms in total. The van der Waals surface area contributed by atoms with E-state index in [0.717, 1.165) is 24.7 Å². The van der Waals surface area contributed by atoms with Crippen molar-refractivity contribution < 1.29 is 0 Å². The van der Waals surface area contributed by atoms with Crippen molar-refractivity contribution in [3.63, 3.8) is 0 Å². The van der Waals surface area contributed by atoms with Crippen molar-refractivity contribution in [3.8, 4) is 6.07 Å². The molecule has 2 rings (SSSR count). The maximum atomic E-state index is 9.04. The monoisotopic (exact) mass is 274 g/mol. The summed E-state index contributed by atoms with van der Waals surface area (Å²) in [6, 6.07) is 4.89. The highest BCUT2D eigenvalue weighted by atomic mass is 15.2. The van der Waals surface area contributed by atoms with Crippen LogP contribution in [0.3, 0.4) is 0 Å². The van der Waals surface area contributed by atoms with E-state index >= 15 is 0 Å². The van der Waals surface area contributed by atoms with E-state index in [1.165, 1.54) is 30.8 Å². The molecule has 1 N–H and O–H groups in total. The van der Waals surface area contributed by atoms with Crippen molar-refractivity contribution in [1.82, 2.24) is 14.8 Å². The fourth-order valence-corrected chi connectivity index (χ4v) is 2.96. The summed E-state index contributed by atoms with van der Waals surface area (Å²) in [4.78, 5) is 2.55. The van der Waals surface area contributed by atoms with Gasteiger partial charge in [-0.25, -0.2) is 0 Å². The molecule has 0 aromatic carbocycles. The quantitative estimate of drug-likeness (QED) is 0.893. The van der Waals surface area contributed by atoms with Crippen molar-refractivity contribution in [1.29, 1.82) is 5.26 Å². The van der Waals surface area contributed by atoms with E-state index in [4.69, 9.17) is 5.26 Å². The van der Waals surface area contributed by atoms with Gasteiger partial charge in [0.25, 0.3) is 0 Å². The lowest BCUT2D eigenvalue weighted by Crippen LogP contribution is -2.30. The number of nitrogens with zero attached hydrogens (tertiary/aromatic N) is 3. The van der Waals surface area contributed by atoms with E-state index in [1.807, 2.05) is 17.7 Å². The van der Waals surface area contributed by atoms with E-state index in [2.05, 4.69) is 37.1 Å². The lowest BCUT2D eigenvalue weighted by Gasteiger charge is -2.20. The molecule has 1 saturated heterocycles. The van der Waals surface area contributed by atoms with Gasteiger partial charge >= 0.3 is 0 Å². The standard InChI is InChI=1S/C16H26N4/c1-12(2)20-6-5-14(11-20)9-18-10-15-7-16(8-17)19(4)13(15)3/h7,12,14,18H,5-6,9-11H2,1-4H3. The van der Waals surface area contributed by atoms with Crippen molar-refractivity contribution in [2.45, 2.75) is 39.8 Å². The second-order valence-electron chi connectivity index (χ2n) is 6.19. The summed E-state index contributed by atoms with van der Waals surface area (Å²) in [6.07, 6.45) is 1.29. The summed E-state index contributed by atoms with van der Waals surface area (Å²) >= 11 is 0. The second-order valence-corrected chi connectivity index (χ2v) is 6.19. The topological polar surface area (TPSA) is 44.0 Å². The third-order valence-electron chi connectivity index (χ3n) is 4.55. The van der Waals surface area contributed by atoms with Crippen LogP contribution in [0, 0.1) is 24.2 Å². The van der Waals surface area contributed by atoms with Crippen LogP contribution < -0.4 is 5.32 Å². The zero-order valence-electron chi connectivity index (χ0n) is 13.1. The molecule has 0 radical (unpaired) electrons. The van der Waals surface area contributed by atoms with Gasteiger partial charge in [-0.1, -0.05) is 0 Å².